The molecule has 0 saturated heterocycles. The fourth-order valence-electron chi connectivity index (χ4n) is 2.31. The van der Waals surface area contributed by atoms with E-state index >= 15 is 0 Å². The molecule has 0 aromatic heterocycles. The van der Waals surface area contributed by atoms with E-state index in [0.29, 0.717) is 12.4 Å². The summed E-state index contributed by atoms with van der Waals surface area (Å²) in [6.07, 6.45) is 0.854. The zero-order valence-electron chi connectivity index (χ0n) is 9.75. The molecule has 1 heterocycles. The highest BCUT2D eigenvalue weighted by atomic mass is 79.9. The Morgan fingerprint density at radius 1 is 1.11 bits per heavy atom. The summed E-state index contributed by atoms with van der Waals surface area (Å²) in [7, 11) is 0. The van der Waals surface area contributed by atoms with E-state index in [0.717, 1.165) is 22.9 Å². The van der Waals surface area contributed by atoms with Crippen molar-refractivity contribution >= 4 is 15.9 Å². The van der Waals surface area contributed by atoms with Crippen molar-refractivity contribution in [3.8, 4) is 16.9 Å². The van der Waals surface area contributed by atoms with Crippen molar-refractivity contribution in [2.45, 2.75) is 11.8 Å². The number of benzene rings is 2. The minimum absolute atomic E-state index is 0.255. The Bertz CT molecular complexity index is 595. The molecule has 18 heavy (non-hydrogen) atoms. The lowest BCUT2D eigenvalue weighted by Gasteiger charge is -2.09. The minimum Gasteiger partial charge on any atom is -0.492 e. The molecule has 1 nitrogen and oxygen atoms in total. The van der Waals surface area contributed by atoms with Crippen molar-refractivity contribution in [1.29, 1.82) is 0 Å². The fraction of sp³-hybridized carbons (Fsp3) is 0.200. The summed E-state index contributed by atoms with van der Waals surface area (Å²) in [5.41, 5.74) is 4.63. The molecule has 0 unspecified atom stereocenters. The van der Waals surface area contributed by atoms with Crippen LogP contribution in [-0.2, 0) is 11.8 Å². The van der Waals surface area contributed by atoms with Crippen LogP contribution in [0, 0.1) is 5.82 Å². The van der Waals surface area contributed by atoms with Gasteiger partial charge >= 0.3 is 0 Å². The Hall–Kier alpha value is -1.35. The number of alkyl halides is 1. The summed E-state index contributed by atoms with van der Waals surface area (Å²) < 4.78 is 18.9. The number of halogens is 2. The highest BCUT2D eigenvalue weighted by molar-refractivity contribution is 9.08. The monoisotopic (exact) mass is 306 g/mol. The molecule has 0 saturated carbocycles. The maximum absolute atomic E-state index is 13.2. The molecule has 0 radical (unpaired) electrons. The molecule has 0 amide bonds. The maximum Gasteiger partial charge on any atom is 0.130 e. The van der Waals surface area contributed by atoms with Crippen LogP contribution in [0.25, 0.3) is 11.1 Å². The van der Waals surface area contributed by atoms with Crippen molar-refractivity contribution in [3.63, 3.8) is 0 Å². The first-order valence-corrected chi connectivity index (χ1v) is 7.00. The van der Waals surface area contributed by atoms with Crippen LogP contribution >= 0.6 is 15.9 Å². The molecule has 3 rings (SSSR count). The Balaban J connectivity index is 2.18. The van der Waals surface area contributed by atoms with Crippen LogP contribution in [0.3, 0.4) is 0 Å². The first-order chi connectivity index (χ1) is 8.78. The predicted molar refractivity (Wildman–Crippen MR) is 73.7 cm³/mol. The van der Waals surface area contributed by atoms with Gasteiger partial charge in [0.2, 0.25) is 0 Å². The SMILES string of the molecule is Fc1ccc2c(c1)OCCc1cc(CBr)ccc1-2. The fourth-order valence-corrected chi connectivity index (χ4v) is 2.66. The second-order valence-corrected chi connectivity index (χ2v) is 4.92. The minimum atomic E-state index is -0.255. The molecule has 0 aliphatic carbocycles. The van der Waals surface area contributed by atoms with Gasteiger partial charge in [0.1, 0.15) is 11.6 Å². The quantitative estimate of drug-likeness (QED) is 0.713. The van der Waals surface area contributed by atoms with E-state index in [2.05, 4.69) is 34.1 Å². The van der Waals surface area contributed by atoms with E-state index < -0.39 is 0 Å². The van der Waals surface area contributed by atoms with E-state index in [9.17, 15) is 4.39 Å². The van der Waals surface area contributed by atoms with Gasteiger partial charge in [-0.1, -0.05) is 34.1 Å². The van der Waals surface area contributed by atoms with Gasteiger partial charge in [-0.3, -0.25) is 0 Å². The zero-order valence-corrected chi connectivity index (χ0v) is 11.3. The molecular weight excluding hydrogens is 295 g/mol. The summed E-state index contributed by atoms with van der Waals surface area (Å²) in [5.74, 6) is 0.384. The lowest BCUT2D eigenvalue weighted by molar-refractivity contribution is 0.325. The third kappa shape index (κ3) is 2.03. The Morgan fingerprint density at radius 3 is 2.78 bits per heavy atom. The lowest BCUT2D eigenvalue weighted by Crippen LogP contribution is -1.99. The average molecular weight is 307 g/mol. The van der Waals surface area contributed by atoms with Crippen molar-refractivity contribution in [3.05, 3.63) is 53.3 Å². The topological polar surface area (TPSA) is 9.23 Å². The van der Waals surface area contributed by atoms with Gasteiger partial charge in [0.05, 0.1) is 6.61 Å². The van der Waals surface area contributed by atoms with Crippen LogP contribution in [0.2, 0.25) is 0 Å². The highest BCUT2D eigenvalue weighted by Gasteiger charge is 2.16. The Labute approximate surface area is 114 Å². The van der Waals surface area contributed by atoms with E-state index in [1.165, 1.54) is 23.3 Å². The number of fused-ring (bicyclic) bond motifs is 3. The van der Waals surface area contributed by atoms with E-state index in [1.54, 1.807) is 6.07 Å². The molecule has 1 aliphatic rings. The first kappa shape index (κ1) is 11.7. The first-order valence-electron chi connectivity index (χ1n) is 5.88. The largest absolute Gasteiger partial charge is 0.492 e. The molecule has 0 N–H and O–H groups in total. The van der Waals surface area contributed by atoms with Crippen LogP contribution in [0.1, 0.15) is 11.1 Å². The third-order valence-corrected chi connectivity index (χ3v) is 3.83. The molecule has 2 aromatic carbocycles. The molecular formula is C15H12BrFO. The van der Waals surface area contributed by atoms with E-state index in [1.807, 2.05) is 0 Å². The number of rotatable bonds is 1. The second-order valence-electron chi connectivity index (χ2n) is 4.36. The number of hydrogen-bond donors (Lipinski definition) is 0. The lowest BCUT2D eigenvalue weighted by atomic mass is 9.96. The standard InChI is InChI=1S/C15H12BrFO/c16-9-10-1-3-13-11(7-10)5-6-18-15-8-12(17)2-4-14(13)15/h1-4,7-8H,5-6,9H2. The Morgan fingerprint density at radius 2 is 1.94 bits per heavy atom. The normalized spacial score (nSPS) is 13.2. The smallest absolute Gasteiger partial charge is 0.130 e. The summed E-state index contributed by atoms with van der Waals surface area (Å²) >= 11 is 3.47. The molecule has 2 aromatic rings. The molecule has 3 heteroatoms. The molecule has 92 valence electrons. The van der Waals surface area contributed by atoms with Crippen LogP contribution in [0.15, 0.2) is 36.4 Å². The van der Waals surface area contributed by atoms with Gasteiger partial charge in [-0.15, -0.1) is 0 Å². The van der Waals surface area contributed by atoms with Crippen molar-refractivity contribution in [2.24, 2.45) is 0 Å². The van der Waals surface area contributed by atoms with E-state index in [4.69, 9.17) is 4.74 Å². The van der Waals surface area contributed by atoms with Crippen molar-refractivity contribution in [2.75, 3.05) is 6.61 Å². The van der Waals surface area contributed by atoms with Crippen LogP contribution < -0.4 is 4.74 Å². The predicted octanol–water partition coefficient (Wildman–Crippen LogP) is 4.32. The van der Waals surface area contributed by atoms with Gasteiger partial charge in [-0.25, -0.2) is 4.39 Å². The van der Waals surface area contributed by atoms with Gasteiger partial charge in [-0.05, 0) is 28.8 Å². The van der Waals surface area contributed by atoms with Crippen LogP contribution in [0.5, 0.6) is 5.75 Å². The van der Waals surface area contributed by atoms with E-state index in [-0.39, 0.29) is 5.82 Å². The summed E-state index contributed by atoms with van der Waals surface area (Å²) in [6, 6.07) is 11.1. The summed E-state index contributed by atoms with van der Waals surface area (Å²) in [6.45, 7) is 0.592. The highest BCUT2D eigenvalue weighted by Crippen LogP contribution is 2.36. The second kappa shape index (κ2) is 4.73. The average Bonchev–Trinajstić information content (AvgIpc) is 2.56. The van der Waals surface area contributed by atoms with Crippen molar-refractivity contribution < 1.29 is 9.13 Å². The van der Waals surface area contributed by atoms with Gasteiger partial charge in [-0.2, -0.15) is 0 Å². The van der Waals surface area contributed by atoms with Crippen LogP contribution in [0.4, 0.5) is 4.39 Å². The number of ether oxygens (including phenoxy) is 1. The third-order valence-electron chi connectivity index (χ3n) is 3.19. The van der Waals surface area contributed by atoms with Gasteiger partial charge < -0.3 is 4.74 Å². The van der Waals surface area contributed by atoms with Gasteiger partial charge in [0, 0.05) is 23.4 Å². The number of hydrogen-bond acceptors (Lipinski definition) is 1. The molecule has 0 fully saturated rings. The van der Waals surface area contributed by atoms with Crippen LogP contribution in [-0.4, -0.2) is 6.61 Å². The van der Waals surface area contributed by atoms with Gasteiger partial charge in [0.25, 0.3) is 0 Å². The van der Waals surface area contributed by atoms with Gasteiger partial charge in [0.15, 0.2) is 0 Å². The summed E-state index contributed by atoms with van der Waals surface area (Å²) in [4.78, 5) is 0. The zero-order chi connectivity index (χ0) is 12.5. The summed E-state index contributed by atoms with van der Waals surface area (Å²) in [5, 5.41) is 0.845. The molecule has 0 atom stereocenters. The maximum atomic E-state index is 13.2. The molecule has 1 aliphatic heterocycles. The van der Waals surface area contributed by atoms with Crippen molar-refractivity contribution in [1.82, 2.24) is 0 Å². The molecule has 0 spiro atoms. The Kier molecular flexibility index (Phi) is 3.08. The molecule has 0 bridgehead atoms.